The zero-order valence-corrected chi connectivity index (χ0v) is 6.19. The van der Waals surface area contributed by atoms with Crippen molar-refractivity contribution in [3.63, 3.8) is 0 Å². The first-order chi connectivity index (χ1) is 5.33. The molecule has 0 saturated carbocycles. The van der Waals surface area contributed by atoms with Crippen LogP contribution in [-0.4, -0.2) is 16.3 Å². The van der Waals surface area contributed by atoms with Crippen molar-refractivity contribution in [2.24, 2.45) is 0 Å². The van der Waals surface area contributed by atoms with E-state index < -0.39 is 0 Å². The number of carbonyl (C=O) groups excluding carboxylic acids is 1. The molecule has 0 bridgehead atoms. The first-order valence-corrected chi connectivity index (χ1v) is 3.22. The quantitative estimate of drug-likeness (QED) is 0.465. The van der Waals surface area contributed by atoms with Crippen LogP contribution in [-0.2, 0) is 4.79 Å². The highest BCUT2D eigenvalue weighted by Crippen LogP contribution is 1.98. The van der Waals surface area contributed by atoms with Gasteiger partial charge in [-0.25, -0.2) is 9.97 Å². The lowest BCUT2D eigenvalue weighted by atomic mass is 10.2. The molecule has 0 fully saturated rings. The third-order valence-electron chi connectivity index (χ3n) is 1.17. The third-order valence-corrected chi connectivity index (χ3v) is 1.17. The maximum Gasteiger partial charge on any atom is 0.145 e. The van der Waals surface area contributed by atoms with Crippen molar-refractivity contribution in [1.82, 2.24) is 9.97 Å². The van der Waals surface area contributed by atoms with Crippen LogP contribution in [0.25, 0.3) is 6.08 Å². The molecule has 0 spiro atoms. The van der Waals surface area contributed by atoms with Crippen molar-refractivity contribution in [2.45, 2.75) is 6.92 Å². The van der Waals surface area contributed by atoms with Crippen molar-refractivity contribution in [2.75, 3.05) is 0 Å². The SMILES string of the molecule is CC(C=O)=Cc1ccncn1. The van der Waals surface area contributed by atoms with Crippen molar-refractivity contribution >= 4 is 12.4 Å². The number of hydrogen-bond acceptors (Lipinski definition) is 3. The standard InChI is InChI=1S/C8H8N2O/c1-7(5-11)4-8-2-3-9-6-10-8/h2-6H,1H3. The van der Waals surface area contributed by atoms with E-state index in [2.05, 4.69) is 9.97 Å². The van der Waals surface area contributed by atoms with Crippen LogP contribution in [0.5, 0.6) is 0 Å². The van der Waals surface area contributed by atoms with Gasteiger partial charge < -0.3 is 0 Å². The maximum atomic E-state index is 10.2. The van der Waals surface area contributed by atoms with E-state index in [0.29, 0.717) is 5.57 Å². The monoisotopic (exact) mass is 148 g/mol. The van der Waals surface area contributed by atoms with E-state index in [1.807, 2.05) is 0 Å². The van der Waals surface area contributed by atoms with E-state index in [-0.39, 0.29) is 0 Å². The topological polar surface area (TPSA) is 42.9 Å². The Labute approximate surface area is 64.8 Å². The Morgan fingerprint density at radius 1 is 1.64 bits per heavy atom. The van der Waals surface area contributed by atoms with E-state index in [0.717, 1.165) is 12.0 Å². The smallest absolute Gasteiger partial charge is 0.145 e. The second kappa shape index (κ2) is 3.61. The van der Waals surface area contributed by atoms with Crippen LogP contribution in [0.1, 0.15) is 12.6 Å². The summed E-state index contributed by atoms with van der Waals surface area (Å²) >= 11 is 0. The molecule has 0 amide bonds. The van der Waals surface area contributed by atoms with Gasteiger partial charge in [-0.15, -0.1) is 0 Å². The third kappa shape index (κ3) is 2.29. The van der Waals surface area contributed by atoms with E-state index in [9.17, 15) is 4.79 Å². The van der Waals surface area contributed by atoms with E-state index in [4.69, 9.17) is 0 Å². The summed E-state index contributed by atoms with van der Waals surface area (Å²) in [5, 5.41) is 0. The molecule has 0 aliphatic heterocycles. The zero-order chi connectivity index (χ0) is 8.10. The highest BCUT2D eigenvalue weighted by atomic mass is 16.1. The number of rotatable bonds is 2. The number of hydrogen-bond donors (Lipinski definition) is 0. The van der Waals surface area contributed by atoms with Crippen LogP contribution >= 0.6 is 0 Å². The highest BCUT2D eigenvalue weighted by Gasteiger charge is 1.87. The fourth-order valence-electron chi connectivity index (χ4n) is 0.654. The number of allylic oxidation sites excluding steroid dienone is 1. The molecule has 1 aromatic heterocycles. The summed E-state index contributed by atoms with van der Waals surface area (Å²) in [4.78, 5) is 17.9. The Morgan fingerprint density at radius 2 is 2.45 bits per heavy atom. The van der Waals surface area contributed by atoms with Gasteiger partial charge in [0.15, 0.2) is 0 Å². The van der Waals surface area contributed by atoms with Gasteiger partial charge in [0.05, 0.1) is 5.69 Å². The van der Waals surface area contributed by atoms with Gasteiger partial charge >= 0.3 is 0 Å². The minimum Gasteiger partial charge on any atom is -0.298 e. The molecule has 0 aliphatic carbocycles. The minimum atomic E-state index is 0.656. The fourth-order valence-corrected chi connectivity index (χ4v) is 0.654. The largest absolute Gasteiger partial charge is 0.298 e. The van der Waals surface area contributed by atoms with Gasteiger partial charge in [-0.1, -0.05) is 0 Å². The first-order valence-electron chi connectivity index (χ1n) is 3.22. The van der Waals surface area contributed by atoms with Gasteiger partial charge in [0, 0.05) is 6.20 Å². The van der Waals surface area contributed by atoms with Crippen LogP contribution in [0.15, 0.2) is 24.2 Å². The zero-order valence-electron chi connectivity index (χ0n) is 6.19. The lowest BCUT2D eigenvalue weighted by Gasteiger charge is -1.89. The number of aldehydes is 1. The lowest BCUT2D eigenvalue weighted by Crippen LogP contribution is -1.82. The molecular weight excluding hydrogens is 140 g/mol. The molecule has 0 atom stereocenters. The molecular formula is C8H8N2O. The minimum absolute atomic E-state index is 0.656. The van der Waals surface area contributed by atoms with Gasteiger partial charge in [0.25, 0.3) is 0 Å². The number of nitrogens with zero attached hydrogens (tertiary/aromatic N) is 2. The number of carbonyl (C=O) groups is 1. The van der Waals surface area contributed by atoms with Crippen molar-refractivity contribution in [3.8, 4) is 0 Å². The molecule has 11 heavy (non-hydrogen) atoms. The van der Waals surface area contributed by atoms with Crippen molar-refractivity contribution in [1.29, 1.82) is 0 Å². The molecule has 0 N–H and O–H groups in total. The summed E-state index contributed by atoms with van der Waals surface area (Å²) in [7, 11) is 0. The predicted octanol–water partition coefficient (Wildman–Crippen LogP) is 1.08. The van der Waals surface area contributed by atoms with E-state index in [1.54, 1.807) is 25.3 Å². The molecule has 1 aromatic rings. The van der Waals surface area contributed by atoms with Crippen molar-refractivity contribution in [3.05, 3.63) is 29.9 Å². The van der Waals surface area contributed by atoms with Gasteiger partial charge in [-0.3, -0.25) is 4.79 Å². The van der Waals surface area contributed by atoms with Gasteiger partial charge in [0.2, 0.25) is 0 Å². The Bertz CT molecular complexity index is 267. The molecule has 0 saturated heterocycles. The van der Waals surface area contributed by atoms with Gasteiger partial charge in [0.1, 0.15) is 12.6 Å². The first kappa shape index (κ1) is 7.60. The average Bonchev–Trinajstić information content (AvgIpc) is 2.06. The van der Waals surface area contributed by atoms with Crippen LogP contribution in [0.4, 0.5) is 0 Å². The molecule has 0 radical (unpaired) electrons. The Balaban J connectivity index is 2.87. The summed E-state index contributed by atoms with van der Waals surface area (Å²) in [6.07, 6.45) is 5.58. The molecule has 0 aliphatic rings. The second-order valence-corrected chi connectivity index (χ2v) is 2.14. The predicted molar refractivity (Wildman–Crippen MR) is 41.7 cm³/mol. The summed E-state index contributed by atoms with van der Waals surface area (Å²) in [6, 6.07) is 1.74. The van der Waals surface area contributed by atoms with Crippen LogP contribution < -0.4 is 0 Å². The maximum absolute atomic E-state index is 10.2. The molecule has 3 nitrogen and oxygen atoms in total. The van der Waals surface area contributed by atoms with Crippen LogP contribution in [0, 0.1) is 0 Å². The lowest BCUT2D eigenvalue weighted by molar-refractivity contribution is -0.104. The van der Waals surface area contributed by atoms with Gasteiger partial charge in [-0.05, 0) is 24.6 Å². The van der Waals surface area contributed by atoms with Crippen molar-refractivity contribution < 1.29 is 4.79 Å². The average molecular weight is 148 g/mol. The Morgan fingerprint density at radius 3 is 3.00 bits per heavy atom. The summed E-state index contributed by atoms with van der Waals surface area (Å²) < 4.78 is 0. The van der Waals surface area contributed by atoms with Crippen LogP contribution in [0.2, 0.25) is 0 Å². The Hall–Kier alpha value is -1.51. The summed E-state index contributed by atoms with van der Waals surface area (Å²) in [5.41, 5.74) is 1.41. The molecule has 56 valence electrons. The van der Waals surface area contributed by atoms with Crippen LogP contribution in [0.3, 0.4) is 0 Å². The number of aromatic nitrogens is 2. The summed E-state index contributed by atoms with van der Waals surface area (Å²) in [6.45, 7) is 1.73. The highest BCUT2D eigenvalue weighted by molar-refractivity contribution is 5.79. The van der Waals surface area contributed by atoms with E-state index >= 15 is 0 Å². The normalized spacial score (nSPS) is 11.2. The van der Waals surface area contributed by atoms with E-state index in [1.165, 1.54) is 6.33 Å². The molecule has 0 unspecified atom stereocenters. The molecule has 0 aromatic carbocycles. The fraction of sp³-hybridized carbons (Fsp3) is 0.125. The second-order valence-electron chi connectivity index (χ2n) is 2.14. The summed E-state index contributed by atoms with van der Waals surface area (Å²) in [5.74, 6) is 0. The molecule has 3 heteroatoms. The molecule has 1 heterocycles. The van der Waals surface area contributed by atoms with Gasteiger partial charge in [-0.2, -0.15) is 0 Å². The Kier molecular flexibility index (Phi) is 2.49. The molecule has 1 rings (SSSR count).